The molecule has 9 heteroatoms. The number of nitrogens with zero attached hydrogens (tertiary/aromatic N) is 1. The van der Waals surface area contributed by atoms with Crippen LogP contribution in [-0.2, 0) is 11.2 Å². The van der Waals surface area contributed by atoms with Crippen LogP contribution in [0, 0.1) is 5.82 Å². The number of rotatable bonds is 4. The maximum atomic E-state index is 13.3. The maximum absolute atomic E-state index is 13.3. The number of anilines is 2. The van der Waals surface area contributed by atoms with Gasteiger partial charge >= 0.3 is 6.03 Å². The number of hydrogen-bond acceptors (Lipinski definition) is 5. The Balaban J connectivity index is 1.15. The summed E-state index contributed by atoms with van der Waals surface area (Å²) < 4.78 is 25.4. The van der Waals surface area contributed by atoms with Crippen molar-refractivity contribution in [3.05, 3.63) is 71.7 Å². The molecule has 0 radical (unpaired) electrons. The largest absolute Gasteiger partial charge is 0.487 e. The number of benzene rings is 2. The second-order valence-electron chi connectivity index (χ2n) is 8.23. The Morgan fingerprint density at radius 3 is 2.97 bits per heavy atom. The first kappa shape index (κ1) is 19.5. The van der Waals surface area contributed by atoms with Gasteiger partial charge in [-0.15, -0.1) is 0 Å². The van der Waals surface area contributed by atoms with Gasteiger partial charge in [-0.05, 0) is 48.9 Å². The minimum atomic E-state index is -0.418. The van der Waals surface area contributed by atoms with Crippen LogP contribution in [0.2, 0.25) is 0 Å². The molecule has 0 bridgehead atoms. The predicted octanol–water partition coefficient (Wildman–Crippen LogP) is 3.95. The quantitative estimate of drug-likeness (QED) is 0.564. The SMILES string of the molecule is O=C1CCc2c(Oc3ccc4c(c3)[C@H]3[C@H](NC(=O)Nc5cccc(F)c5)[C@H]3O4)ccnc2N1. The number of pyridine rings is 1. The van der Waals surface area contributed by atoms with E-state index in [1.165, 1.54) is 18.2 Å². The van der Waals surface area contributed by atoms with E-state index in [1.807, 2.05) is 18.2 Å². The van der Waals surface area contributed by atoms with E-state index >= 15 is 0 Å². The van der Waals surface area contributed by atoms with Crippen LogP contribution in [0.15, 0.2) is 54.7 Å². The Morgan fingerprint density at radius 1 is 1.18 bits per heavy atom. The fraction of sp³-hybridized carbons (Fsp3) is 0.208. The highest BCUT2D eigenvalue weighted by Gasteiger charge is 2.59. The van der Waals surface area contributed by atoms with Crippen LogP contribution in [0.3, 0.4) is 0 Å². The molecule has 3 atom stereocenters. The minimum Gasteiger partial charge on any atom is -0.487 e. The number of urea groups is 1. The smallest absolute Gasteiger partial charge is 0.319 e. The van der Waals surface area contributed by atoms with Crippen molar-refractivity contribution in [2.24, 2.45) is 0 Å². The minimum absolute atomic E-state index is 0.0208. The zero-order valence-electron chi connectivity index (χ0n) is 17.3. The lowest BCUT2D eigenvalue weighted by Crippen LogP contribution is -2.34. The van der Waals surface area contributed by atoms with E-state index in [2.05, 4.69) is 20.9 Å². The fourth-order valence-electron chi connectivity index (χ4n) is 4.44. The van der Waals surface area contributed by atoms with Crippen molar-refractivity contribution in [1.29, 1.82) is 0 Å². The molecular weight excluding hydrogens is 427 g/mol. The van der Waals surface area contributed by atoms with E-state index in [9.17, 15) is 14.0 Å². The van der Waals surface area contributed by atoms with E-state index in [0.717, 1.165) is 16.9 Å². The molecule has 33 heavy (non-hydrogen) atoms. The van der Waals surface area contributed by atoms with Gasteiger partial charge in [-0.2, -0.15) is 0 Å². The van der Waals surface area contributed by atoms with Gasteiger partial charge < -0.3 is 25.4 Å². The number of amides is 3. The first-order valence-corrected chi connectivity index (χ1v) is 10.6. The summed E-state index contributed by atoms with van der Waals surface area (Å²) in [7, 11) is 0. The van der Waals surface area contributed by atoms with Crippen LogP contribution in [0.5, 0.6) is 17.2 Å². The number of carbonyl (C=O) groups is 2. The fourth-order valence-corrected chi connectivity index (χ4v) is 4.44. The number of nitrogens with one attached hydrogen (secondary N) is 3. The Labute approximate surface area is 188 Å². The highest BCUT2D eigenvalue weighted by Crippen LogP contribution is 2.54. The Hall–Kier alpha value is -4.14. The number of aromatic nitrogens is 1. The molecule has 0 unspecified atom stereocenters. The topological polar surface area (TPSA) is 102 Å². The summed E-state index contributed by atoms with van der Waals surface area (Å²) in [4.78, 5) is 28.2. The molecule has 3 aliphatic rings. The zero-order chi connectivity index (χ0) is 22.5. The lowest BCUT2D eigenvalue weighted by atomic mass is 10.1. The van der Waals surface area contributed by atoms with Crippen LogP contribution in [0.1, 0.15) is 23.5 Å². The van der Waals surface area contributed by atoms with E-state index in [4.69, 9.17) is 9.47 Å². The number of fused-ring (bicyclic) bond motifs is 4. The molecule has 0 saturated heterocycles. The second kappa shape index (κ2) is 7.47. The molecule has 2 aliphatic heterocycles. The van der Waals surface area contributed by atoms with Crippen molar-refractivity contribution in [2.75, 3.05) is 10.6 Å². The molecule has 3 aromatic rings. The van der Waals surface area contributed by atoms with E-state index < -0.39 is 11.8 Å². The number of halogens is 1. The molecule has 1 aliphatic carbocycles. The van der Waals surface area contributed by atoms with Gasteiger partial charge in [-0.25, -0.2) is 14.2 Å². The molecule has 3 heterocycles. The first-order valence-electron chi connectivity index (χ1n) is 10.6. The van der Waals surface area contributed by atoms with Crippen molar-refractivity contribution < 1.29 is 23.5 Å². The Bertz CT molecular complexity index is 1300. The summed E-state index contributed by atoms with van der Waals surface area (Å²) in [5, 5.41) is 8.30. The van der Waals surface area contributed by atoms with E-state index in [-0.39, 0.29) is 24.0 Å². The standard InChI is InChI=1S/C24H19FN4O4/c25-12-2-1-3-13(10-12)27-24(31)29-21-20-16-11-14(4-6-17(16)33-22(20)21)32-18-8-9-26-23-15(18)5-7-19(30)28-23/h1-4,6,8-11,20-22H,5,7H2,(H,26,28,30)(H2,27,29,31)/t20-,21-,22-/m0/s1. The molecule has 1 fully saturated rings. The van der Waals surface area contributed by atoms with E-state index in [1.54, 1.807) is 18.3 Å². The summed E-state index contributed by atoms with van der Waals surface area (Å²) in [5.41, 5.74) is 2.21. The van der Waals surface area contributed by atoms with Crippen molar-refractivity contribution in [3.8, 4) is 17.2 Å². The van der Waals surface area contributed by atoms with Gasteiger partial charge in [0.1, 0.15) is 35.0 Å². The molecule has 1 saturated carbocycles. The molecule has 3 amide bonds. The van der Waals surface area contributed by atoms with E-state index in [0.29, 0.717) is 35.8 Å². The van der Waals surface area contributed by atoms with Crippen molar-refractivity contribution in [1.82, 2.24) is 10.3 Å². The van der Waals surface area contributed by atoms with Gasteiger partial charge in [-0.1, -0.05) is 6.07 Å². The maximum Gasteiger partial charge on any atom is 0.319 e. The predicted molar refractivity (Wildman–Crippen MR) is 117 cm³/mol. The zero-order valence-corrected chi connectivity index (χ0v) is 17.3. The molecular formula is C24H19FN4O4. The van der Waals surface area contributed by atoms with Crippen LogP contribution >= 0.6 is 0 Å². The van der Waals surface area contributed by atoms with Crippen molar-refractivity contribution >= 4 is 23.4 Å². The summed E-state index contributed by atoms with van der Waals surface area (Å²) in [6.07, 6.45) is 2.42. The van der Waals surface area contributed by atoms with Gasteiger partial charge in [-0.3, -0.25) is 4.79 Å². The van der Waals surface area contributed by atoms with Gasteiger partial charge in [0.2, 0.25) is 5.91 Å². The third kappa shape index (κ3) is 3.61. The Morgan fingerprint density at radius 2 is 2.09 bits per heavy atom. The molecule has 1 aromatic heterocycles. The highest BCUT2D eigenvalue weighted by atomic mass is 19.1. The molecule has 166 valence electrons. The lowest BCUT2D eigenvalue weighted by molar-refractivity contribution is -0.116. The monoisotopic (exact) mass is 446 g/mol. The molecule has 8 nitrogen and oxygen atoms in total. The van der Waals surface area contributed by atoms with Gasteiger partial charge in [0.25, 0.3) is 0 Å². The Kier molecular flexibility index (Phi) is 4.42. The van der Waals surface area contributed by atoms with Gasteiger partial charge in [0.05, 0.1) is 12.0 Å². The summed E-state index contributed by atoms with van der Waals surface area (Å²) in [6.45, 7) is 0. The van der Waals surface area contributed by atoms with Crippen molar-refractivity contribution in [2.45, 2.75) is 30.9 Å². The number of ether oxygens (including phenoxy) is 2. The van der Waals surface area contributed by atoms with Crippen LogP contribution in [-0.4, -0.2) is 29.1 Å². The van der Waals surface area contributed by atoms with Crippen LogP contribution < -0.4 is 25.4 Å². The summed E-state index contributed by atoms with van der Waals surface area (Å²) in [6, 6.07) is 12.5. The first-order chi connectivity index (χ1) is 16.0. The average Bonchev–Trinajstić information content (AvgIpc) is 3.30. The molecule has 3 N–H and O–H groups in total. The average molecular weight is 446 g/mol. The number of carbonyl (C=O) groups excluding carboxylic acids is 2. The third-order valence-electron chi connectivity index (χ3n) is 6.04. The van der Waals surface area contributed by atoms with Crippen molar-refractivity contribution in [3.63, 3.8) is 0 Å². The summed E-state index contributed by atoms with van der Waals surface area (Å²) in [5.74, 6) is 2.13. The normalized spacial score (nSPS) is 21.6. The lowest BCUT2D eigenvalue weighted by Gasteiger charge is -2.19. The molecule has 0 spiro atoms. The van der Waals surface area contributed by atoms with Crippen LogP contribution in [0.4, 0.5) is 20.7 Å². The second-order valence-corrected chi connectivity index (χ2v) is 8.23. The summed E-state index contributed by atoms with van der Waals surface area (Å²) >= 11 is 0. The highest BCUT2D eigenvalue weighted by molar-refractivity contribution is 5.93. The number of hydrogen-bond donors (Lipinski definition) is 3. The molecule has 2 aromatic carbocycles. The van der Waals surface area contributed by atoms with Gasteiger partial charge in [0.15, 0.2) is 0 Å². The molecule has 6 rings (SSSR count). The third-order valence-corrected chi connectivity index (χ3v) is 6.04. The van der Waals surface area contributed by atoms with Crippen LogP contribution in [0.25, 0.3) is 0 Å². The van der Waals surface area contributed by atoms with Gasteiger partial charge in [0, 0.05) is 29.4 Å².